The number of benzene rings is 1. The normalized spacial score (nSPS) is 10.3. The maximum Gasteiger partial charge on any atom is 0.337 e. The lowest BCUT2D eigenvalue weighted by atomic mass is 10.1. The van der Waals surface area contributed by atoms with Gasteiger partial charge >= 0.3 is 5.97 Å². The lowest BCUT2D eigenvalue weighted by molar-refractivity contribution is 0.0697. The molecule has 19 heavy (non-hydrogen) atoms. The summed E-state index contributed by atoms with van der Waals surface area (Å²) in [6.07, 6.45) is 1.41. The van der Waals surface area contributed by atoms with Gasteiger partial charge in [0.1, 0.15) is 0 Å². The third kappa shape index (κ3) is 2.67. The molecule has 0 aliphatic carbocycles. The molecule has 0 aliphatic rings. The van der Waals surface area contributed by atoms with E-state index in [1.165, 1.54) is 6.20 Å². The van der Waals surface area contributed by atoms with Gasteiger partial charge in [-0.1, -0.05) is 0 Å². The Bertz CT molecular complexity index is 627. The Hall–Kier alpha value is -2.50. The Morgan fingerprint density at radius 2 is 2.00 bits per heavy atom. The molecule has 4 nitrogen and oxygen atoms in total. The van der Waals surface area contributed by atoms with Crippen LogP contribution in [-0.4, -0.2) is 16.1 Å². The number of halogens is 2. The average Bonchev–Trinajstić information content (AvgIpc) is 2.37. The van der Waals surface area contributed by atoms with Gasteiger partial charge in [0.15, 0.2) is 11.6 Å². The molecule has 1 aromatic heterocycles. The standard InChI is InChI=1S/C13H10F2N2O2/c1-7-2-3-8(6-16-7)17-12-9(13(18)19)4-5-10(14)11(12)15/h2-6,17H,1H3,(H,18,19). The van der Waals surface area contributed by atoms with Gasteiger partial charge in [0, 0.05) is 5.69 Å². The van der Waals surface area contributed by atoms with Gasteiger partial charge in [-0.3, -0.25) is 4.98 Å². The summed E-state index contributed by atoms with van der Waals surface area (Å²) in [4.78, 5) is 15.0. The second kappa shape index (κ2) is 5.01. The first-order chi connectivity index (χ1) is 8.99. The Balaban J connectivity index is 2.46. The molecular formula is C13H10F2N2O2. The number of hydrogen-bond acceptors (Lipinski definition) is 3. The zero-order valence-corrected chi connectivity index (χ0v) is 9.95. The summed E-state index contributed by atoms with van der Waals surface area (Å²) in [5, 5.41) is 11.5. The molecule has 2 rings (SSSR count). The van der Waals surface area contributed by atoms with Crippen molar-refractivity contribution in [3.05, 3.63) is 53.4 Å². The first kappa shape index (κ1) is 12.9. The third-order valence-corrected chi connectivity index (χ3v) is 2.51. The van der Waals surface area contributed by atoms with Crippen molar-refractivity contribution in [1.82, 2.24) is 4.98 Å². The quantitative estimate of drug-likeness (QED) is 0.894. The fourth-order valence-corrected chi connectivity index (χ4v) is 1.54. The molecule has 0 saturated heterocycles. The summed E-state index contributed by atoms with van der Waals surface area (Å²) < 4.78 is 26.8. The van der Waals surface area contributed by atoms with Crippen LogP contribution in [0.1, 0.15) is 16.1 Å². The van der Waals surface area contributed by atoms with Gasteiger partial charge in [-0.2, -0.15) is 0 Å². The molecule has 0 saturated carbocycles. The summed E-state index contributed by atoms with van der Waals surface area (Å²) >= 11 is 0. The summed E-state index contributed by atoms with van der Waals surface area (Å²) in [6, 6.07) is 5.04. The summed E-state index contributed by atoms with van der Waals surface area (Å²) in [5.41, 5.74) is 0.360. The third-order valence-electron chi connectivity index (χ3n) is 2.51. The van der Waals surface area contributed by atoms with Crippen LogP contribution in [0.4, 0.5) is 20.2 Å². The number of aromatic nitrogens is 1. The van der Waals surface area contributed by atoms with Crippen LogP contribution in [0.15, 0.2) is 30.5 Å². The molecule has 0 atom stereocenters. The van der Waals surface area contributed by atoms with Gasteiger partial charge in [-0.25, -0.2) is 13.6 Å². The van der Waals surface area contributed by atoms with Crippen LogP contribution in [0.5, 0.6) is 0 Å². The Morgan fingerprint density at radius 3 is 2.58 bits per heavy atom. The maximum atomic E-state index is 13.7. The minimum absolute atomic E-state index is 0.348. The van der Waals surface area contributed by atoms with E-state index in [2.05, 4.69) is 10.3 Å². The molecular weight excluding hydrogens is 254 g/mol. The molecule has 2 aromatic rings. The van der Waals surface area contributed by atoms with E-state index < -0.39 is 23.3 Å². The molecule has 6 heteroatoms. The van der Waals surface area contributed by atoms with Crippen LogP contribution >= 0.6 is 0 Å². The average molecular weight is 264 g/mol. The van der Waals surface area contributed by atoms with Gasteiger partial charge in [0.2, 0.25) is 0 Å². The lowest BCUT2D eigenvalue weighted by Gasteiger charge is -2.11. The van der Waals surface area contributed by atoms with Crippen molar-refractivity contribution < 1.29 is 18.7 Å². The van der Waals surface area contributed by atoms with E-state index in [1.54, 1.807) is 19.1 Å². The van der Waals surface area contributed by atoms with Gasteiger partial charge in [-0.05, 0) is 31.2 Å². The highest BCUT2D eigenvalue weighted by molar-refractivity contribution is 5.95. The number of aromatic carboxylic acids is 1. The number of carboxylic acids is 1. The number of nitrogens with zero attached hydrogens (tertiary/aromatic N) is 1. The van der Waals surface area contributed by atoms with Gasteiger partial charge < -0.3 is 10.4 Å². The number of aryl methyl sites for hydroxylation is 1. The highest BCUT2D eigenvalue weighted by Gasteiger charge is 2.18. The largest absolute Gasteiger partial charge is 0.478 e. The first-order valence-electron chi connectivity index (χ1n) is 5.40. The van der Waals surface area contributed by atoms with Crippen LogP contribution in [-0.2, 0) is 0 Å². The fourth-order valence-electron chi connectivity index (χ4n) is 1.54. The van der Waals surface area contributed by atoms with Crippen LogP contribution in [0.2, 0.25) is 0 Å². The number of hydrogen-bond donors (Lipinski definition) is 2. The minimum atomic E-state index is -1.35. The van der Waals surface area contributed by atoms with E-state index in [0.29, 0.717) is 5.69 Å². The number of nitrogens with one attached hydrogen (secondary N) is 1. The lowest BCUT2D eigenvalue weighted by Crippen LogP contribution is -2.06. The smallest absolute Gasteiger partial charge is 0.337 e. The number of anilines is 2. The second-order valence-electron chi connectivity index (χ2n) is 3.90. The van der Waals surface area contributed by atoms with Gasteiger partial charge in [0.25, 0.3) is 0 Å². The Labute approximate surface area is 107 Å². The second-order valence-corrected chi connectivity index (χ2v) is 3.90. The van der Waals surface area contributed by atoms with Crippen LogP contribution < -0.4 is 5.32 Å². The zero-order chi connectivity index (χ0) is 14.0. The van der Waals surface area contributed by atoms with Crippen molar-refractivity contribution in [2.45, 2.75) is 6.92 Å². The molecule has 0 unspecified atom stereocenters. The first-order valence-corrected chi connectivity index (χ1v) is 5.40. The van der Waals surface area contributed by atoms with Crippen molar-refractivity contribution in [2.75, 3.05) is 5.32 Å². The maximum absolute atomic E-state index is 13.7. The van der Waals surface area contributed by atoms with E-state index in [9.17, 15) is 13.6 Å². The van der Waals surface area contributed by atoms with Crippen LogP contribution in [0.3, 0.4) is 0 Å². The number of rotatable bonds is 3. The van der Waals surface area contributed by atoms with E-state index >= 15 is 0 Å². The predicted octanol–water partition coefficient (Wildman–Crippen LogP) is 3.11. The summed E-state index contributed by atoms with van der Waals surface area (Å²) in [6.45, 7) is 1.77. The molecule has 98 valence electrons. The molecule has 2 N–H and O–H groups in total. The number of carboxylic acid groups (broad SMARTS) is 1. The predicted molar refractivity (Wildman–Crippen MR) is 65.6 cm³/mol. The number of pyridine rings is 1. The Kier molecular flexibility index (Phi) is 3.41. The van der Waals surface area contributed by atoms with Crippen molar-refractivity contribution in [3.8, 4) is 0 Å². The van der Waals surface area contributed by atoms with Crippen molar-refractivity contribution in [1.29, 1.82) is 0 Å². The minimum Gasteiger partial charge on any atom is -0.478 e. The molecule has 0 radical (unpaired) electrons. The molecule has 0 spiro atoms. The van der Waals surface area contributed by atoms with Crippen LogP contribution in [0.25, 0.3) is 0 Å². The van der Waals surface area contributed by atoms with E-state index in [4.69, 9.17) is 5.11 Å². The molecule has 1 heterocycles. The van der Waals surface area contributed by atoms with Gasteiger partial charge in [0.05, 0.1) is 23.1 Å². The molecule has 1 aromatic carbocycles. The highest BCUT2D eigenvalue weighted by atomic mass is 19.2. The zero-order valence-electron chi connectivity index (χ0n) is 9.95. The SMILES string of the molecule is Cc1ccc(Nc2c(C(=O)O)ccc(F)c2F)cn1. The van der Waals surface area contributed by atoms with Crippen molar-refractivity contribution >= 4 is 17.3 Å². The summed E-state index contributed by atoms with van der Waals surface area (Å²) in [7, 11) is 0. The van der Waals surface area contributed by atoms with Crippen molar-refractivity contribution in [2.24, 2.45) is 0 Å². The number of carbonyl (C=O) groups is 1. The molecule has 0 aliphatic heterocycles. The van der Waals surface area contributed by atoms with Gasteiger partial charge in [-0.15, -0.1) is 0 Å². The molecule has 0 amide bonds. The summed E-state index contributed by atoms with van der Waals surface area (Å²) in [5.74, 6) is -3.70. The highest BCUT2D eigenvalue weighted by Crippen LogP contribution is 2.26. The molecule has 0 bridgehead atoms. The van der Waals surface area contributed by atoms with Crippen LogP contribution in [0, 0.1) is 18.6 Å². The Morgan fingerprint density at radius 1 is 1.26 bits per heavy atom. The fraction of sp³-hybridized carbons (Fsp3) is 0.0769. The monoisotopic (exact) mass is 264 g/mol. The molecule has 0 fully saturated rings. The van der Waals surface area contributed by atoms with E-state index in [1.807, 2.05) is 0 Å². The topological polar surface area (TPSA) is 62.2 Å². The van der Waals surface area contributed by atoms with E-state index in [0.717, 1.165) is 17.8 Å². The van der Waals surface area contributed by atoms with E-state index in [-0.39, 0.29) is 5.56 Å². The van der Waals surface area contributed by atoms with Crippen molar-refractivity contribution in [3.63, 3.8) is 0 Å².